The lowest BCUT2D eigenvalue weighted by molar-refractivity contribution is 0.257. The van der Waals surface area contributed by atoms with Gasteiger partial charge in [0.05, 0.1) is 5.54 Å². The van der Waals surface area contributed by atoms with Gasteiger partial charge < -0.3 is 10.3 Å². The quantitative estimate of drug-likeness (QED) is 0.850. The lowest BCUT2D eigenvalue weighted by atomic mass is 9.91. The third-order valence-corrected chi connectivity index (χ3v) is 4.27. The molecule has 0 spiro atoms. The Kier molecular flexibility index (Phi) is 3.85. The molecule has 1 saturated carbocycles. The van der Waals surface area contributed by atoms with E-state index >= 15 is 0 Å². The number of pyridine rings is 1. The van der Waals surface area contributed by atoms with Crippen molar-refractivity contribution in [1.82, 2.24) is 15.1 Å². The maximum Gasteiger partial charge on any atom is 0.247 e. The second-order valence-electron chi connectivity index (χ2n) is 5.36. The van der Waals surface area contributed by atoms with Gasteiger partial charge in [-0.05, 0) is 40.9 Å². The van der Waals surface area contributed by atoms with E-state index in [0.29, 0.717) is 17.4 Å². The van der Waals surface area contributed by atoms with Crippen LogP contribution in [0.3, 0.4) is 0 Å². The highest BCUT2D eigenvalue weighted by Crippen LogP contribution is 2.33. The van der Waals surface area contributed by atoms with Gasteiger partial charge in [-0.15, -0.1) is 0 Å². The van der Waals surface area contributed by atoms with Crippen LogP contribution in [-0.2, 0) is 5.54 Å². The Morgan fingerprint density at radius 1 is 1.15 bits per heavy atom. The molecule has 0 unspecified atom stereocenters. The van der Waals surface area contributed by atoms with Gasteiger partial charge in [-0.2, -0.15) is 4.98 Å². The zero-order valence-electron chi connectivity index (χ0n) is 11.2. The van der Waals surface area contributed by atoms with Crippen LogP contribution in [0.5, 0.6) is 0 Å². The lowest BCUT2D eigenvalue weighted by Gasteiger charge is -2.22. The minimum absolute atomic E-state index is 0.475. The van der Waals surface area contributed by atoms with Gasteiger partial charge in [0.1, 0.15) is 5.69 Å². The average Bonchev–Trinajstić information content (AvgIpc) is 2.84. The highest BCUT2D eigenvalue weighted by Gasteiger charge is 2.34. The second-order valence-corrected chi connectivity index (χ2v) is 6.27. The van der Waals surface area contributed by atoms with Gasteiger partial charge in [-0.3, -0.25) is 4.98 Å². The predicted octanol–water partition coefficient (Wildman–Crippen LogP) is 3.40. The molecule has 20 heavy (non-hydrogen) atoms. The van der Waals surface area contributed by atoms with Crippen molar-refractivity contribution in [2.45, 2.75) is 44.1 Å². The summed E-state index contributed by atoms with van der Waals surface area (Å²) in [5.41, 5.74) is 6.69. The molecular weight excluding hydrogens is 320 g/mol. The summed E-state index contributed by atoms with van der Waals surface area (Å²) in [6.45, 7) is 0. The highest BCUT2D eigenvalue weighted by atomic mass is 79.9. The van der Waals surface area contributed by atoms with Gasteiger partial charge in [0.25, 0.3) is 0 Å². The molecule has 1 aliphatic rings. The standard InChI is InChI=1S/C14H17BrN4O/c15-10-5-6-11(17-9-10)12-18-13(20-19-12)14(16)7-3-1-2-4-8-14/h5-6,9H,1-4,7-8,16H2. The van der Waals surface area contributed by atoms with Crippen molar-refractivity contribution in [1.29, 1.82) is 0 Å². The van der Waals surface area contributed by atoms with E-state index in [0.717, 1.165) is 30.2 Å². The van der Waals surface area contributed by atoms with Gasteiger partial charge in [0.2, 0.25) is 11.7 Å². The Morgan fingerprint density at radius 2 is 1.90 bits per heavy atom. The molecule has 3 rings (SSSR count). The molecule has 0 amide bonds. The topological polar surface area (TPSA) is 77.8 Å². The molecule has 1 fully saturated rings. The summed E-state index contributed by atoms with van der Waals surface area (Å²) in [5.74, 6) is 1.04. The summed E-state index contributed by atoms with van der Waals surface area (Å²) >= 11 is 3.36. The molecule has 0 saturated heterocycles. The predicted molar refractivity (Wildman–Crippen MR) is 78.8 cm³/mol. The third-order valence-electron chi connectivity index (χ3n) is 3.80. The molecule has 0 radical (unpaired) electrons. The molecule has 2 heterocycles. The first-order valence-electron chi connectivity index (χ1n) is 6.92. The number of nitrogens with zero attached hydrogens (tertiary/aromatic N) is 3. The van der Waals surface area contributed by atoms with Crippen molar-refractivity contribution >= 4 is 15.9 Å². The van der Waals surface area contributed by atoms with E-state index in [1.165, 1.54) is 12.8 Å². The van der Waals surface area contributed by atoms with Crippen LogP contribution in [0.4, 0.5) is 0 Å². The Balaban J connectivity index is 1.87. The second kappa shape index (κ2) is 5.61. The van der Waals surface area contributed by atoms with Crippen LogP contribution in [0.15, 0.2) is 27.3 Å². The van der Waals surface area contributed by atoms with Crippen molar-refractivity contribution in [3.8, 4) is 11.5 Å². The van der Waals surface area contributed by atoms with Crippen LogP contribution in [-0.4, -0.2) is 15.1 Å². The zero-order valence-corrected chi connectivity index (χ0v) is 12.8. The smallest absolute Gasteiger partial charge is 0.247 e. The average molecular weight is 337 g/mol. The highest BCUT2D eigenvalue weighted by molar-refractivity contribution is 9.10. The fourth-order valence-electron chi connectivity index (χ4n) is 2.61. The van der Waals surface area contributed by atoms with E-state index in [-0.39, 0.29) is 0 Å². The Morgan fingerprint density at radius 3 is 2.55 bits per heavy atom. The summed E-state index contributed by atoms with van der Waals surface area (Å²) < 4.78 is 6.33. The normalized spacial score (nSPS) is 18.7. The minimum Gasteiger partial charge on any atom is -0.337 e. The van der Waals surface area contributed by atoms with Crippen molar-refractivity contribution in [3.63, 3.8) is 0 Å². The number of hydrogen-bond acceptors (Lipinski definition) is 5. The summed E-state index contributed by atoms with van der Waals surface area (Å²) in [7, 11) is 0. The number of hydrogen-bond donors (Lipinski definition) is 1. The Bertz CT molecular complexity index is 573. The van der Waals surface area contributed by atoms with Crippen LogP contribution >= 0.6 is 15.9 Å². The van der Waals surface area contributed by atoms with E-state index in [1.54, 1.807) is 6.20 Å². The van der Waals surface area contributed by atoms with E-state index in [2.05, 4.69) is 31.1 Å². The van der Waals surface area contributed by atoms with Crippen LogP contribution < -0.4 is 5.73 Å². The fraction of sp³-hybridized carbons (Fsp3) is 0.500. The zero-order chi connectivity index (χ0) is 14.0. The fourth-order valence-corrected chi connectivity index (χ4v) is 2.85. The first kappa shape index (κ1) is 13.7. The Labute approximate surface area is 126 Å². The summed E-state index contributed by atoms with van der Waals surface area (Å²) in [4.78, 5) is 8.74. The van der Waals surface area contributed by atoms with Crippen LogP contribution in [0.2, 0.25) is 0 Å². The van der Waals surface area contributed by atoms with E-state index < -0.39 is 5.54 Å². The molecule has 0 aromatic carbocycles. The molecular formula is C14H17BrN4O. The van der Waals surface area contributed by atoms with Crippen LogP contribution in [0.25, 0.3) is 11.5 Å². The molecule has 0 aliphatic heterocycles. The van der Waals surface area contributed by atoms with Gasteiger partial charge in [-0.25, -0.2) is 0 Å². The monoisotopic (exact) mass is 336 g/mol. The SMILES string of the molecule is NC1(c2nc(-c3ccc(Br)cn3)no2)CCCCCC1. The summed E-state index contributed by atoms with van der Waals surface area (Å²) in [5, 5.41) is 4.02. The van der Waals surface area contributed by atoms with Crippen molar-refractivity contribution in [2.75, 3.05) is 0 Å². The van der Waals surface area contributed by atoms with Crippen molar-refractivity contribution < 1.29 is 4.52 Å². The van der Waals surface area contributed by atoms with Gasteiger partial charge in [-0.1, -0.05) is 30.8 Å². The number of halogens is 1. The number of aromatic nitrogens is 3. The molecule has 5 nitrogen and oxygen atoms in total. The van der Waals surface area contributed by atoms with Gasteiger partial charge >= 0.3 is 0 Å². The molecule has 0 atom stereocenters. The van der Waals surface area contributed by atoms with Crippen molar-refractivity contribution in [3.05, 3.63) is 28.7 Å². The number of rotatable bonds is 2. The molecule has 2 N–H and O–H groups in total. The van der Waals surface area contributed by atoms with E-state index in [1.807, 2.05) is 12.1 Å². The first-order valence-corrected chi connectivity index (χ1v) is 7.72. The van der Waals surface area contributed by atoms with Gasteiger partial charge in [0, 0.05) is 10.7 Å². The Hall–Kier alpha value is -1.27. The minimum atomic E-state index is -0.475. The molecule has 2 aromatic heterocycles. The molecule has 0 bridgehead atoms. The van der Waals surface area contributed by atoms with Crippen LogP contribution in [0, 0.1) is 0 Å². The van der Waals surface area contributed by atoms with E-state index in [4.69, 9.17) is 10.3 Å². The molecule has 1 aliphatic carbocycles. The lowest BCUT2D eigenvalue weighted by Crippen LogP contribution is -2.36. The molecule has 2 aromatic rings. The van der Waals surface area contributed by atoms with Crippen molar-refractivity contribution in [2.24, 2.45) is 5.73 Å². The number of nitrogens with two attached hydrogens (primary N) is 1. The maximum atomic E-state index is 6.47. The summed E-state index contributed by atoms with van der Waals surface area (Å²) in [6, 6.07) is 3.76. The third kappa shape index (κ3) is 2.76. The molecule has 106 valence electrons. The summed E-state index contributed by atoms with van der Waals surface area (Å²) in [6.07, 6.45) is 8.22. The molecule has 6 heteroatoms. The largest absolute Gasteiger partial charge is 0.337 e. The van der Waals surface area contributed by atoms with Crippen LogP contribution in [0.1, 0.15) is 44.4 Å². The van der Waals surface area contributed by atoms with E-state index in [9.17, 15) is 0 Å². The van der Waals surface area contributed by atoms with Gasteiger partial charge in [0.15, 0.2) is 0 Å². The first-order chi connectivity index (χ1) is 9.67. The maximum absolute atomic E-state index is 6.47.